The van der Waals surface area contributed by atoms with Gasteiger partial charge in [0.2, 0.25) is 0 Å². The van der Waals surface area contributed by atoms with E-state index >= 15 is 0 Å². The standard InChI is InChI=1S/C16H24BrNO3S/c1-15(2,3)21-14(19)18-9-7-16(4,8-10-18)20-11-12-5-6-13(17)22-12/h5-6H,7-11H2,1-4H3. The highest BCUT2D eigenvalue weighted by atomic mass is 79.9. The minimum atomic E-state index is -0.444. The van der Waals surface area contributed by atoms with Crippen molar-refractivity contribution in [1.29, 1.82) is 0 Å². The molecule has 4 nitrogen and oxygen atoms in total. The van der Waals surface area contributed by atoms with E-state index < -0.39 is 5.60 Å². The van der Waals surface area contributed by atoms with Gasteiger partial charge in [0.1, 0.15) is 5.60 Å². The van der Waals surface area contributed by atoms with Crippen molar-refractivity contribution in [1.82, 2.24) is 4.90 Å². The molecule has 0 spiro atoms. The van der Waals surface area contributed by atoms with Gasteiger partial charge < -0.3 is 14.4 Å². The van der Waals surface area contributed by atoms with Crippen molar-refractivity contribution in [3.63, 3.8) is 0 Å². The van der Waals surface area contributed by atoms with Gasteiger partial charge in [-0.1, -0.05) is 0 Å². The van der Waals surface area contributed by atoms with E-state index in [0.29, 0.717) is 19.7 Å². The van der Waals surface area contributed by atoms with Gasteiger partial charge in [-0.25, -0.2) is 4.79 Å². The highest BCUT2D eigenvalue weighted by Crippen LogP contribution is 2.30. The largest absolute Gasteiger partial charge is 0.444 e. The van der Waals surface area contributed by atoms with E-state index in [-0.39, 0.29) is 11.7 Å². The van der Waals surface area contributed by atoms with Crippen molar-refractivity contribution in [2.45, 2.75) is 58.3 Å². The van der Waals surface area contributed by atoms with Gasteiger partial charge in [0.05, 0.1) is 16.0 Å². The van der Waals surface area contributed by atoms with E-state index in [2.05, 4.69) is 28.9 Å². The van der Waals surface area contributed by atoms with Crippen LogP contribution in [0.1, 0.15) is 45.4 Å². The molecule has 1 amide bonds. The van der Waals surface area contributed by atoms with Crippen LogP contribution in [0, 0.1) is 0 Å². The number of ether oxygens (including phenoxy) is 2. The second kappa shape index (κ2) is 6.89. The maximum Gasteiger partial charge on any atom is 0.410 e. The Morgan fingerprint density at radius 1 is 1.36 bits per heavy atom. The Kier molecular flexibility index (Phi) is 5.56. The van der Waals surface area contributed by atoms with Gasteiger partial charge in [0.25, 0.3) is 0 Å². The molecule has 124 valence electrons. The molecule has 1 aliphatic rings. The molecule has 22 heavy (non-hydrogen) atoms. The Labute approximate surface area is 144 Å². The van der Waals surface area contributed by atoms with Crippen LogP contribution >= 0.6 is 27.3 Å². The first-order valence-corrected chi connectivity index (χ1v) is 9.14. The minimum Gasteiger partial charge on any atom is -0.444 e. The van der Waals surface area contributed by atoms with E-state index in [1.807, 2.05) is 26.8 Å². The Morgan fingerprint density at radius 3 is 2.50 bits per heavy atom. The van der Waals surface area contributed by atoms with Crippen LogP contribution in [-0.2, 0) is 16.1 Å². The second-order valence-corrected chi connectivity index (χ2v) is 9.46. The lowest BCUT2D eigenvalue weighted by molar-refractivity contribution is -0.0803. The van der Waals surface area contributed by atoms with Crippen LogP contribution in [-0.4, -0.2) is 35.3 Å². The number of piperidine rings is 1. The number of rotatable bonds is 3. The number of amides is 1. The molecule has 0 aliphatic carbocycles. The van der Waals surface area contributed by atoms with Gasteiger partial charge in [0, 0.05) is 18.0 Å². The summed E-state index contributed by atoms with van der Waals surface area (Å²) in [5.41, 5.74) is -0.615. The SMILES string of the molecule is CC(C)(C)OC(=O)N1CCC(C)(OCc2ccc(Br)s2)CC1. The predicted octanol–water partition coefficient (Wildman–Crippen LogP) is 4.82. The first-order chi connectivity index (χ1) is 10.2. The summed E-state index contributed by atoms with van der Waals surface area (Å²) in [5.74, 6) is 0. The number of hydrogen-bond donors (Lipinski definition) is 0. The maximum atomic E-state index is 12.1. The topological polar surface area (TPSA) is 38.8 Å². The molecule has 0 N–H and O–H groups in total. The first kappa shape index (κ1) is 17.8. The van der Waals surface area contributed by atoms with E-state index in [1.165, 1.54) is 4.88 Å². The smallest absolute Gasteiger partial charge is 0.410 e. The van der Waals surface area contributed by atoms with Gasteiger partial charge >= 0.3 is 6.09 Å². The highest BCUT2D eigenvalue weighted by molar-refractivity contribution is 9.11. The van der Waals surface area contributed by atoms with Gasteiger partial charge in [0.15, 0.2) is 0 Å². The first-order valence-electron chi connectivity index (χ1n) is 7.53. The molecule has 2 heterocycles. The Bertz CT molecular complexity index is 516. The Hall–Kier alpha value is -0.590. The van der Waals surface area contributed by atoms with Crippen molar-refractivity contribution in [3.8, 4) is 0 Å². The van der Waals surface area contributed by atoms with Crippen molar-refractivity contribution in [2.75, 3.05) is 13.1 Å². The average Bonchev–Trinajstić information content (AvgIpc) is 2.81. The fourth-order valence-corrected chi connectivity index (χ4v) is 3.70. The zero-order valence-electron chi connectivity index (χ0n) is 13.6. The molecular weight excluding hydrogens is 366 g/mol. The number of likely N-dealkylation sites (tertiary alicyclic amines) is 1. The summed E-state index contributed by atoms with van der Waals surface area (Å²) < 4.78 is 12.7. The summed E-state index contributed by atoms with van der Waals surface area (Å²) >= 11 is 5.16. The van der Waals surface area contributed by atoms with Crippen molar-refractivity contribution in [3.05, 3.63) is 20.8 Å². The number of halogens is 1. The van der Waals surface area contributed by atoms with Crippen molar-refractivity contribution < 1.29 is 14.3 Å². The van der Waals surface area contributed by atoms with E-state index in [0.717, 1.165) is 16.6 Å². The van der Waals surface area contributed by atoms with Crippen LogP contribution in [0.5, 0.6) is 0 Å². The zero-order valence-corrected chi connectivity index (χ0v) is 16.1. The lowest BCUT2D eigenvalue weighted by Gasteiger charge is -2.39. The lowest BCUT2D eigenvalue weighted by atomic mass is 9.93. The fraction of sp³-hybridized carbons (Fsp3) is 0.688. The monoisotopic (exact) mass is 389 g/mol. The molecule has 1 aliphatic heterocycles. The maximum absolute atomic E-state index is 12.1. The summed E-state index contributed by atoms with van der Waals surface area (Å²) in [5, 5.41) is 0. The van der Waals surface area contributed by atoms with Crippen LogP contribution < -0.4 is 0 Å². The summed E-state index contributed by atoms with van der Waals surface area (Å²) in [7, 11) is 0. The molecule has 0 saturated carbocycles. The van der Waals surface area contributed by atoms with E-state index in [9.17, 15) is 4.79 Å². The second-order valence-electron chi connectivity index (χ2n) is 6.91. The normalized spacial score (nSPS) is 18.3. The predicted molar refractivity (Wildman–Crippen MR) is 92.3 cm³/mol. The van der Waals surface area contributed by atoms with Crippen LogP contribution in [0.2, 0.25) is 0 Å². The van der Waals surface area contributed by atoms with Crippen molar-refractivity contribution >= 4 is 33.4 Å². The molecule has 0 unspecified atom stereocenters. The van der Waals surface area contributed by atoms with E-state index in [4.69, 9.17) is 9.47 Å². The van der Waals surface area contributed by atoms with E-state index in [1.54, 1.807) is 16.2 Å². The molecule has 0 bridgehead atoms. The molecule has 0 aromatic carbocycles. The minimum absolute atomic E-state index is 0.172. The molecule has 1 aromatic heterocycles. The van der Waals surface area contributed by atoms with Gasteiger partial charge in [-0.15, -0.1) is 11.3 Å². The summed E-state index contributed by atoms with van der Waals surface area (Å²) in [6.45, 7) is 9.78. The van der Waals surface area contributed by atoms with Gasteiger partial charge in [-0.3, -0.25) is 0 Å². The van der Waals surface area contributed by atoms with Crippen LogP contribution in [0.25, 0.3) is 0 Å². The summed E-state index contributed by atoms with van der Waals surface area (Å²) in [6.07, 6.45) is 1.44. The molecule has 1 saturated heterocycles. The average molecular weight is 390 g/mol. The van der Waals surface area contributed by atoms with Crippen molar-refractivity contribution in [2.24, 2.45) is 0 Å². The Morgan fingerprint density at radius 2 is 2.00 bits per heavy atom. The van der Waals surface area contributed by atoms with Crippen LogP contribution in [0.3, 0.4) is 0 Å². The summed E-state index contributed by atoms with van der Waals surface area (Å²) in [6, 6.07) is 4.12. The number of carbonyl (C=O) groups is 1. The third kappa shape index (κ3) is 5.25. The Balaban J connectivity index is 1.81. The third-order valence-corrected chi connectivity index (χ3v) is 5.26. The third-order valence-electron chi connectivity index (χ3n) is 3.66. The molecular formula is C16H24BrNO3S. The number of nitrogens with zero attached hydrogens (tertiary/aromatic N) is 1. The summed E-state index contributed by atoms with van der Waals surface area (Å²) in [4.78, 5) is 15.1. The molecule has 1 aromatic rings. The zero-order chi connectivity index (χ0) is 16.4. The molecule has 6 heteroatoms. The van der Waals surface area contributed by atoms with Gasteiger partial charge in [-0.2, -0.15) is 0 Å². The number of thiophene rings is 1. The fourth-order valence-electron chi connectivity index (χ4n) is 2.31. The molecule has 1 fully saturated rings. The lowest BCUT2D eigenvalue weighted by Crippen LogP contribution is -2.47. The van der Waals surface area contributed by atoms with Crippen LogP contribution in [0.15, 0.2) is 15.9 Å². The van der Waals surface area contributed by atoms with Gasteiger partial charge in [-0.05, 0) is 68.6 Å². The number of hydrogen-bond acceptors (Lipinski definition) is 4. The molecule has 2 rings (SSSR count). The van der Waals surface area contributed by atoms with Crippen LogP contribution in [0.4, 0.5) is 4.79 Å². The quantitative estimate of drug-likeness (QED) is 0.743. The number of carbonyl (C=O) groups excluding carboxylic acids is 1. The molecule has 0 radical (unpaired) electrons. The molecule has 0 atom stereocenters. The highest BCUT2D eigenvalue weighted by Gasteiger charge is 2.34.